The second-order valence-electron chi connectivity index (χ2n) is 6.36. The number of hydrogen-bond donors (Lipinski definition) is 2. The van der Waals surface area contributed by atoms with Crippen LogP contribution in [0.5, 0.6) is 11.5 Å². The Labute approximate surface area is 149 Å². The summed E-state index contributed by atoms with van der Waals surface area (Å²) in [6, 6.07) is 5.00. The zero-order chi connectivity index (χ0) is 18.1. The summed E-state index contributed by atoms with van der Waals surface area (Å²) in [6.07, 6.45) is 6.67. The van der Waals surface area contributed by atoms with Crippen LogP contribution in [0.2, 0.25) is 0 Å². The number of ether oxygens (including phenoxy) is 2. The molecule has 1 aromatic carbocycles. The minimum absolute atomic E-state index is 0.0623. The topological polar surface area (TPSA) is 76.7 Å². The van der Waals surface area contributed by atoms with Gasteiger partial charge in [-0.1, -0.05) is 25.7 Å². The molecule has 0 aliphatic heterocycles. The summed E-state index contributed by atoms with van der Waals surface area (Å²) in [5, 5.41) is 5.65. The van der Waals surface area contributed by atoms with Crippen molar-refractivity contribution in [3.05, 3.63) is 23.8 Å². The Morgan fingerprint density at radius 3 is 2.40 bits per heavy atom. The molecule has 0 radical (unpaired) electrons. The highest BCUT2D eigenvalue weighted by atomic mass is 16.5. The van der Waals surface area contributed by atoms with Crippen LogP contribution in [0.25, 0.3) is 0 Å². The van der Waals surface area contributed by atoms with Gasteiger partial charge in [-0.2, -0.15) is 0 Å². The standard InChI is InChI=1S/C19H28N2O4/c1-24-16-9-8-15(13-17(16)25-2)19(23)21-12-11-20-18(22)10-7-14-5-3-4-6-14/h8-9,13-14H,3-7,10-12H2,1-2H3,(H,20,22)(H,21,23). The number of nitrogens with one attached hydrogen (secondary N) is 2. The van der Waals surface area contributed by atoms with Gasteiger partial charge in [-0.05, 0) is 30.5 Å². The predicted octanol–water partition coefficient (Wildman–Crippen LogP) is 2.52. The van der Waals surface area contributed by atoms with Crippen LogP contribution in [-0.4, -0.2) is 39.1 Å². The molecule has 0 unspecified atom stereocenters. The van der Waals surface area contributed by atoms with E-state index in [1.807, 2.05) is 0 Å². The smallest absolute Gasteiger partial charge is 0.251 e. The number of benzene rings is 1. The molecule has 1 fully saturated rings. The fourth-order valence-electron chi connectivity index (χ4n) is 3.18. The van der Waals surface area contributed by atoms with Crippen LogP contribution < -0.4 is 20.1 Å². The Hall–Kier alpha value is -2.24. The van der Waals surface area contributed by atoms with Gasteiger partial charge in [0.15, 0.2) is 11.5 Å². The minimum Gasteiger partial charge on any atom is -0.493 e. The van der Waals surface area contributed by atoms with Crippen molar-refractivity contribution in [3.63, 3.8) is 0 Å². The zero-order valence-electron chi connectivity index (χ0n) is 15.1. The van der Waals surface area contributed by atoms with Gasteiger partial charge in [-0.15, -0.1) is 0 Å². The van der Waals surface area contributed by atoms with Crippen LogP contribution in [0.4, 0.5) is 0 Å². The molecule has 0 spiro atoms. The molecule has 6 heteroatoms. The Kier molecular flexibility index (Phi) is 7.57. The number of carbonyl (C=O) groups excluding carboxylic acids is 2. The second kappa shape index (κ2) is 9.91. The molecule has 2 N–H and O–H groups in total. The van der Waals surface area contributed by atoms with Crippen molar-refractivity contribution < 1.29 is 19.1 Å². The monoisotopic (exact) mass is 348 g/mol. The van der Waals surface area contributed by atoms with Crippen molar-refractivity contribution in [1.29, 1.82) is 0 Å². The van der Waals surface area contributed by atoms with E-state index in [9.17, 15) is 9.59 Å². The maximum Gasteiger partial charge on any atom is 0.251 e. The number of rotatable bonds is 9. The van der Waals surface area contributed by atoms with Crippen molar-refractivity contribution in [2.75, 3.05) is 27.3 Å². The zero-order valence-corrected chi connectivity index (χ0v) is 15.1. The van der Waals surface area contributed by atoms with E-state index in [2.05, 4.69) is 10.6 Å². The maximum absolute atomic E-state index is 12.1. The van der Waals surface area contributed by atoms with Crippen molar-refractivity contribution in [3.8, 4) is 11.5 Å². The molecule has 25 heavy (non-hydrogen) atoms. The van der Waals surface area contributed by atoms with E-state index >= 15 is 0 Å². The van der Waals surface area contributed by atoms with Crippen molar-refractivity contribution in [2.24, 2.45) is 5.92 Å². The van der Waals surface area contributed by atoms with Crippen LogP contribution in [0.1, 0.15) is 48.9 Å². The average Bonchev–Trinajstić information content (AvgIpc) is 3.16. The lowest BCUT2D eigenvalue weighted by molar-refractivity contribution is -0.121. The van der Waals surface area contributed by atoms with Gasteiger partial charge in [0.05, 0.1) is 14.2 Å². The van der Waals surface area contributed by atoms with Gasteiger partial charge in [-0.3, -0.25) is 9.59 Å². The van der Waals surface area contributed by atoms with Crippen LogP contribution in [-0.2, 0) is 4.79 Å². The fourth-order valence-corrected chi connectivity index (χ4v) is 3.18. The Balaban J connectivity index is 1.67. The Morgan fingerprint density at radius 2 is 1.72 bits per heavy atom. The first kappa shape index (κ1) is 19.1. The summed E-state index contributed by atoms with van der Waals surface area (Å²) >= 11 is 0. The lowest BCUT2D eigenvalue weighted by Gasteiger charge is -2.11. The van der Waals surface area contributed by atoms with Crippen LogP contribution in [0.15, 0.2) is 18.2 Å². The van der Waals surface area contributed by atoms with E-state index in [1.165, 1.54) is 32.8 Å². The molecular formula is C19H28N2O4. The van der Waals surface area contributed by atoms with Crippen molar-refractivity contribution in [2.45, 2.75) is 38.5 Å². The summed E-state index contributed by atoms with van der Waals surface area (Å²) in [6.45, 7) is 0.824. The van der Waals surface area contributed by atoms with Gasteiger partial charge in [-0.25, -0.2) is 0 Å². The largest absolute Gasteiger partial charge is 0.493 e. The first-order chi connectivity index (χ1) is 12.1. The van der Waals surface area contributed by atoms with Gasteiger partial charge in [0.25, 0.3) is 5.91 Å². The molecule has 0 saturated heterocycles. The molecule has 1 aliphatic carbocycles. The fraction of sp³-hybridized carbons (Fsp3) is 0.579. The molecule has 1 saturated carbocycles. The van der Waals surface area contributed by atoms with Gasteiger partial charge < -0.3 is 20.1 Å². The summed E-state index contributed by atoms with van der Waals surface area (Å²) < 4.78 is 10.3. The van der Waals surface area contributed by atoms with Gasteiger partial charge in [0.1, 0.15) is 0 Å². The highest BCUT2D eigenvalue weighted by Crippen LogP contribution is 2.28. The van der Waals surface area contributed by atoms with E-state index in [1.54, 1.807) is 25.3 Å². The first-order valence-corrected chi connectivity index (χ1v) is 8.91. The maximum atomic E-state index is 12.1. The van der Waals surface area contributed by atoms with Crippen LogP contribution in [0, 0.1) is 5.92 Å². The Morgan fingerprint density at radius 1 is 1.04 bits per heavy atom. The molecular weight excluding hydrogens is 320 g/mol. The molecule has 2 amide bonds. The van der Waals surface area contributed by atoms with Crippen LogP contribution >= 0.6 is 0 Å². The minimum atomic E-state index is -0.207. The molecule has 6 nitrogen and oxygen atoms in total. The summed E-state index contributed by atoms with van der Waals surface area (Å²) in [5.74, 6) is 1.66. The molecule has 0 bridgehead atoms. The molecule has 2 rings (SSSR count). The third-order valence-electron chi connectivity index (χ3n) is 4.63. The molecule has 0 heterocycles. The molecule has 1 aliphatic rings. The normalized spacial score (nSPS) is 14.2. The molecule has 138 valence electrons. The average molecular weight is 348 g/mol. The highest BCUT2D eigenvalue weighted by Gasteiger charge is 2.16. The van der Waals surface area contributed by atoms with Gasteiger partial charge >= 0.3 is 0 Å². The van der Waals surface area contributed by atoms with Crippen LogP contribution in [0.3, 0.4) is 0 Å². The van der Waals surface area contributed by atoms with E-state index in [-0.39, 0.29) is 11.8 Å². The lowest BCUT2D eigenvalue weighted by Crippen LogP contribution is -2.34. The predicted molar refractivity (Wildman–Crippen MR) is 96.1 cm³/mol. The quantitative estimate of drug-likeness (QED) is 0.672. The summed E-state index contributed by atoms with van der Waals surface area (Å²) in [7, 11) is 3.08. The lowest BCUT2D eigenvalue weighted by atomic mass is 10.0. The van der Waals surface area contributed by atoms with E-state index < -0.39 is 0 Å². The van der Waals surface area contributed by atoms with Gasteiger partial charge in [0.2, 0.25) is 5.91 Å². The Bertz CT molecular complexity index is 583. The molecule has 0 atom stereocenters. The SMILES string of the molecule is COc1ccc(C(=O)NCCNC(=O)CCC2CCCC2)cc1OC. The van der Waals surface area contributed by atoms with Gasteiger partial charge in [0, 0.05) is 25.1 Å². The number of hydrogen-bond acceptors (Lipinski definition) is 4. The highest BCUT2D eigenvalue weighted by molar-refractivity contribution is 5.94. The van der Waals surface area contributed by atoms with E-state index in [0.29, 0.717) is 36.6 Å². The summed E-state index contributed by atoms with van der Waals surface area (Å²) in [5.41, 5.74) is 0.491. The summed E-state index contributed by atoms with van der Waals surface area (Å²) in [4.78, 5) is 24.0. The number of carbonyl (C=O) groups is 2. The second-order valence-corrected chi connectivity index (χ2v) is 6.36. The number of methoxy groups -OCH3 is 2. The third kappa shape index (κ3) is 5.96. The van der Waals surface area contributed by atoms with Crippen molar-refractivity contribution in [1.82, 2.24) is 10.6 Å². The third-order valence-corrected chi connectivity index (χ3v) is 4.63. The number of amides is 2. The molecule has 0 aromatic heterocycles. The van der Waals surface area contributed by atoms with E-state index in [0.717, 1.165) is 12.3 Å². The van der Waals surface area contributed by atoms with Crippen molar-refractivity contribution >= 4 is 11.8 Å². The van der Waals surface area contributed by atoms with E-state index in [4.69, 9.17) is 9.47 Å². The first-order valence-electron chi connectivity index (χ1n) is 8.91. The molecule has 1 aromatic rings.